The first-order chi connectivity index (χ1) is 10.5. The largest absolute Gasteiger partial charge is 0.448 e. The fourth-order valence-corrected chi connectivity index (χ4v) is 2.88. The molecule has 1 aliphatic heterocycles. The van der Waals surface area contributed by atoms with Gasteiger partial charge in [-0.05, 0) is 35.9 Å². The lowest BCUT2D eigenvalue weighted by molar-refractivity contribution is -0.125. The van der Waals surface area contributed by atoms with Crippen LogP contribution in [0.5, 0.6) is 0 Å². The minimum atomic E-state index is -0.870. The molecule has 2 aromatic rings. The van der Waals surface area contributed by atoms with Gasteiger partial charge in [-0.2, -0.15) is 0 Å². The van der Waals surface area contributed by atoms with E-state index in [0.717, 1.165) is 10.0 Å². The summed E-state index contributed by atoms with van der Waals surface area (Å²) in [6.45, 7) is 0. The fourth-order valence-electron chi connectivity index (χ4n) is 2.29. The molecular formula is C16H11BrClNO3. The standard InChI is InChI=1S/C16H11BrClNO3/c17-10-5-6-11-9(7-10)8-14(22-16(11)21)15(20)19-13-4-2-1-3-12(13)18/h1-7,14H,8H2,(H,19,20). The first kappa shape index (κ1) is 15.1. The topological polar surface area (TPSA) is 55.4 Å². The number of carbonyl (C=O) groups is 2. The van der Waals surface area contributed by atoms with Gasteiger partial charge in [-0.25, -0.2) is 4.79 Å². The molecule has 1 aliphatic rings. The van der Waals surface area contributed by atoms with E-state index >= 15 is 0 Å². The summed E-state index contributed by atoms with van der Waals surface area (Å²) in [5.41, 5.74) is 1.76. The van der Waals surface area contributed by atoms with Gasteiger partial charge in [-0.15, -0.1) is 0 Å². The number of halogens is 2. The Bertz CT molecular complexity index is 763. The number of cyclic esters (lactones) is 1. The molecule has 0 fully saturated rings. The fraction of sp³-hybridized carbons (Fsp3) is 0.125. The van der Waals surface area contributed by atoms with Crippen molar-refractivity contribution in [2.24, 2.45) is 0 Å². The summed E-state index contributed by atoms with van der Waals surface area (Å²) in [7, 11) is 0. The number of amides is 1. The van der Waals surface area contributed by atoms with E-state index in [-0.39, 0.29) is 0 Å². The number of esters is 1. The van der Waals surface area contributed by atoms with Crippen LogP contribution in [0, 0.1) is 0 Å². The monoisotopic (exact) mass is 379 g/mol. The molecule has 0 spiro atoms. The Kier molecular flexibility index (Phi) is 4.18. The molecule has 0 bridgehead atoms. The Labute approximate surface area is 140 Å². The van der Waals surface area contributed by atoms with E-state index in [0.29, 0.717) is 22.7 Å². The molecule has 0 saturated heterocycles. The van der Waals surface area contributed by atoms with Crippen molar-refractivity contribution in [3.05, 3.63) is 63.1 Å². The highest BCUT2D eigenvalue weighted by atomic mass is 79.9. The van der Waals surface area contributed by atoms with Crippen molar-refractivity contribution in [3.63, 3.8) is 0 Å². The summed E-state index contributed by atoms with van der Waals surface area (Å²) < 4.78 is 6.07. The molecule has 1 N–H and O–H groups in total. The number of anilines is 1. The predicted octanol–water partition coefficient (Wildman–Crippen LogP) is 3.82. The molecule has 0 aromatic heterocycles. The lowest BCUT2D eigenvalue weighted by atomic mass is 9.98. The Balaban J connectivity index is 1.80. The number of ether oxygens (including phenoxy) is 1. The number of nitrogens with one attached hydrogen (secondary N) is 1. The van der Waals surface area contributed by atoms with Crippen molar-refractivity contribution in [1.29, 1.82) is 0 Å². The average molecular weight is 381 g/mol. The van der Waals surface area contributed by atoms with Gasteiger partial charge in [-0.3, -0.25) is 4.79 Å². The Morgan fingerprint density at radius 2 is 2.05 bits per heavy atom. The summed E-state index contributed by atoms with van der Waals surface area (Å²) >= 11 is 9.37. The summed E-state index contributed by atoms with van der Waals surface area (Å²) in [4.78, 5) is 24.3. The maximum atomic E-state index is 12.3. The zero-order chi connectivity index (χ0) is 15.7. The van der Waals surface area contributed by atoms with Crippen molar-refractivity contribution < 1.29 is 14.3 Å². The Hall–Kier alpha value is -1.85. The van der Waals surface area contributed by atoms with Gasteiger partial charge in [-0.1, -0.05) is 39.7 Å². The molecule has 1 unspecified atom stereocenters. The van der Waals surface area contributed by atoms with Crippen molar-refractivity contribution in [2.75, 3.05) is 5.32 Å². The van der Waals surface area contributed by atoms with Crippen LogP contribution in [-0.4, -0.2) is 18.0 Å². The zero-order valence-electron chi connectivity index (χ0n) is 11.3. The zero-order valence-corrected chi connectivity index (χ0v) is 13.6. The number of rotatable bonds is 2. The highest BCUT2D eigenvalue weighted by molar-refractivity contribution is 9.10. The SMILES string of the molecule is O=C1OC(C(=O)Nc2ccccc2Cl)Cc2cc(Br)ccc21. The highest BCUT2D eigenvalue weighted by Gasteiger charge is 2.31. The van der Waals surface area contributed by atoms with Crippen LogP contribution in [0.25, 0.3) is 0 Å². The van der Waals surface area contributed by atoms with Crippen LogP contribution < -0.4 is 5.32 Å². The molecule has 1 heterocycles. The minimum absolute atomic E-state index is 0.330. The molecule has 1 amide bonds. The molecule has 0 saturated carbocycles. The van der Waals surface area contributed by atoms with Gasteiger partial charge < -0.3 is 10.1 Å². The van der Waals surface area contributed by atoms with E-state index in [1.807, 2.05) is 6.07 Å². The van der Waals surface area contributed by atoms with Crippen LogP contribution in [-0.2, 0) is 16.0 Å². The normalized spacial score (nSPS) is 16.6. The number of hydrogen-bond acceptors (Lipinski definition) is 3. The van der Waals surface area contributed by atoms with Gasteiger partial charge in [0.1, 0.15) is 0 Å². The molecular weight excluding hydrogens is 370 g/mol. The van der Waals surface area contributed by atoms with Gasteiger partial charge in [0.05, 0.1) is 16.3 Å². The van der Waals surface area contributed by atoms with Crippen LogP contribution in [0.15, 0.2) is 46.9 Å². The van der Waals surface area contributed by atoms with Gasteiger partial charge >= 0.3 is 5.97 Å². The molecule has 0 radical (unpaired) electrons. The molecule has 22 heavy (non-hydrogen) atoms. The van der Waals surface area contributed by atoms with Gasteiger partial charge in [0.2, 0.25) is 0 Å². The number of carbonyl (C=O) groups excluding carboxylic acids is 2. The van der Waals surface area contributed by atoms with Crippen LogP contribution in [0.4, 0.5) is 5.69 Å². The second-order valence-electron chi connectivity index (χ2n) is 4.87. The third-order valence-electron chi connectivity index (χ3n) is 3.37. The van der Waals surface area contributed by atoms with Crippen LogP contribution in [0.2, 0.25) is 5.02 Å². The molecule has 2 aromatic carbocycles. The van der Waals surface area contributed by atoms with E-state index in [4.69, 9.17) is 16.3 Å². The molecule has 4 nitrogen and oxygen atoms in total. The van der Waals surface area contributed by atoms with Gasteiger partial charge in [0, 0.05) is 10.9 Å². The second kappa shape index (κ2) is 6.10. The maximum Gasteiger partial charge on any atom is 0.339 e. The summed E-state index contributed by atoms with van der Waals surface area (Å²) in [6.07, 6.45) is -0.540. The molecule has 3 rings (SSSR count). The van der Waals surface area contributed by atoms with Gasteiger partial charge in [0.25, 0.3) is 5.91 Å². The second-order valence-corrected chi connectivity index (χ2v) is 6.19. The molecule has 0 aliphatic carbocycles. The third kappa shape index (κ3) is 3.00. The summed E-state index contributed by atoms with van der Waals surface area (Å²) in [5.74, 6) is -0.889. The Morgan fingerprint density at radius 3 is 2.82 bits per heavy atom. The first-order valence-electron chi connectivity index (χ1n) is 6.59. The molecule has 1 atom stereocenters. The average Bonchev–Trinajstić information content (AvgIpc) is 2.49. The van der Waals surface area contributed by atoms with E-state index < -0.39 is 18.0 Å². The third-order valence-corrected chi connectivity index (χ3v) is 4.19. The number of hydrogen-bond donors (Lipinski definition) is 1. The summed E-state index contributed by atoms with van der Waals surface area (Å²) in [6, 6.07) is 12.2. The van der Waals surface area contributed by atoms with E-state index in [9.17, 15) is 9.59 Å². The van der Waals surface area contributed by atoms with E-state index in [1.165, 1.54) is 0 Å². The number of fused-ring (bicyclic) bond motifs is 1. The van der Waals surface area contributed by atoms with Crippen molar-refractivity contribution >= 4 is 45.1 Å². The lowest BCUT2D eigenvalue weighted by Gasteiger charge is -2.24. The number of benzene rings is 2. The predicted molar refractivity (Wildman–Crippen MR) is 87.1 cm³/mol. The van der Waals surface area contributed by atoms with Crippen LogP contribution in [0.1, 0.15) is 15.9 Å². The molecule has 112 valence electrons. The lowest BCUT2D eigenvalue weighted by Crippen LogP contribution is -2.38. The maximum absolute atomic E-state index is 12.3. The van der Waals surface area contributed by atoms with Crippen molar-refractivity contribution in [3.8, 4) is 0 Å². The van der Waals surface area contributed by atoms with Crippen molar-refractivity contribution in [1.82, 2.24) is 0 Å². The van der Waals surface area contributed by atoms with Crippen LogP contribution >= 0.6 is 27.5 Å². The quantitative estimate of drug-likeness (QED) is 0.806. The van der Waals surface area contributed by atoms with Crippen LogP contribution in [0.3, 0.4) is 0 Å². The molecule has 6 heteroatoms. The summed E-state index contributed by atoms with van der Waals surface area (Å²) in [5, 5.41) is 3.12. The minimum Gasteiger partial charge on any atom is -0.448 e. The van der Waals surface area contributed by atoms with E-state index in [1.54, 1.807) is 36.4 Å². The highest BCUT2D eigenvalue weighted by Crippen LogP contribution is 2.26. The smallest absolute Gasteiger partial charge is 0.339 e. The Morgan fingerprint density at radius 1 is 1.27 bits per heavy atom. The van der Waals surface area contributed by atoms with Crippen molar-refractivity contribution in [2.45, 2.75) is 12.5 Å². The first-order valence-corrected chi connectivity index (χ1v) is 7.76. The van der Waals surface area contributed by atoms with Gasteiger partial charge in [0.15, 0.2) is 6.10 Å². The number of para-hydroxylation sites is 1. The van der Waals surface area contributed by atoms with E-state index in [2.05, 4.69) is 21.2 Å².